The molecule has 1 fully saturated rings. The van der Waals surface area contributed by atoms with E-state index in [0.29, 0.717) is 12.6 Å². The largest absolute Gasteiger partial charge is 0.418 e. The van der Waals surface area contributed by atoms with Crippen LogP contribution in [-0.2, 0) is 12.7 Å². The van der Waals surface area contributed by atoms with Gasteiger partial charge in [-0.2, -0.15) is 13.2 Å². The molecule has 0 amide bonds. The molecule has 1 aliphatic rings. The standard InChI is InChI=1S/C12H15F3N2/c13-12(14,15)10-5-4-8(6-11(10)16)7-17-9-2-1-3-9/h4-6,9,17H,1-3,7,16H2. The van der Waals surface area contributed by atoms with E-state index in [4.69, 9.17) is 5.73 Å². The molecule has 0 unspecified atom stereocenters. The number of nitrogen functional groups attached to an aromatic ring is 1. The molecular weight excluding hydrogens is 229 g/mol. The highest BCUT2D eigenvalue weighted by atomic mass is 19.4. The highest BCUT2D eigenvalue weighted by molar-refractivity contribution is 5.50. The van der Waals surface area contributed by atoms with E-state index in [-0.39, 0.29) is 5.69 Å². The average Bonchev–Trinajstić information content (AvgIpc) is 2.13. The number of halogens is 3. The molecule has 1 saturated carbocycles. The number of benzene rings is 1. The first-order chi connectivity index (χ1) is 7.97. The van der Waals surface area contributed by atoms with Crippen LogP contribution in [0.1, 0.15) is 30.4 Å². The van der Waals surface area contributed by atoms with Crippen molar-refractivity contribution in [1.29, 1.82) is 0 Å². The normalized spacial score (nSPS) is 16.9. The number of anilines is 1. The van der Waals surface area contributed by atoms with Crippen molar-refractivity contribution in [3.63, 3.8) is 0 Å². The van der Waals surface area contributed by atoms with Crippen LogP contribution in [0.2, 0.25) is 0 Å². The van der Waals surface area contributed by atoms with Crippen molar-refractivity contribution in [1.82, 2.24) is 5.32 Å². The third kappa shape index (κ3) is 2.91. The predicted octanol–water partition coefficient (Wildman–Crippen LogP) is 2.93. The van der Waals surface area contributed by atoms with Gasteiger partial charge in [-0.05, 0) is 30.5 Å². The zero-order valence-corrected chi connectivity index (χ0v) is 9.35. The van der Waals surface area contributed by atoms with Crippen molar-refractivity contribution >= 4 is 5.69 Å². The van der Waals surface area contributed by atoms with Gasteiger partial charge in [0.1, 0.15) is 0 Å². The van der Waals surface area contributed by atoms with Gasteiger partial charge in [0.15, 0.2) is 0 Å². The number of rotatable bonds is 3. The third-order valence-electron chi connectivity index (χ3n) is 3.12. The van der Waals surface area contributed by atoms with E-state index in [2.05, 4.69) is 5.32 Å². The van der Waals surface area contributed by atoms with Gasteiger partial charge < -0.3 is 11.1 Å². The molecule has 2 rings (SSSR count). The topological polar surface area (TPSA) is 38.0 Å². The van der Waals surface area contributed by atoms with Gasteiger partial charge >= 0.3 is 6.18 Å². The average molecular weight is 244 g/mol. The van der Waals surface area contributed by atoms with Gasteiger partial charge in [0.25, 0.3) is 0 Å². The first kappa shape index (κ1) is 12.2. The lowest BCUT2D eigenvalue weighted by Crippen LogP contribution is -2.34. The summed E-state index contributed by atoms with van der Waals surface area (Å²) in [6.45, 7) is 0.576. The van der Waals surface area contributed by atoms with Crippen molar-refractivity contribution in [3.8, 4) is 0 Å². The molecule has 94 valence electrons. The number of nitrogens with one attached hydrogen (secondary N) is 1. The van der Waals surface area contributed by atoms with Crippen LogP contribution in [0.5, 0.6) is 0 Å². The van der Waals surface area contributed by atoms with Gasteiger partial charge in [-0.15, -0.1) is 0 Å². The van der Waals surface area contributed by atoms with Gasteiger partial charge in [-0.25, -0.2) is 0 Å². The predicted molar refractivity (Wildman–Crippen MR) is 60.3 cm³/mol. The second-order valence-electron chi connectivity index (χ2n) is 4.43. The summed E-state index contributed by atoms with van der Waals surface area (Å²) >= 11 is 0. The Morgan fingerprint density at radius 3 is 2.47 bits per heavy atom. The first-order valence-corrected chi connectivity index (χ1v) is 5.66. The Morgan fingerprint density at radius 2 is 2.00 bits per heavy atom. The number of alkyl halides is 3. The smallest absolute Gasteiger partial charge is 0.398 e. The summed E-state index contributed by atoms with van der Waals surface area (Å²) in [6.07, 6.45) is -0.844. The molecule has 0 radical (unpaired) electrons. The molecule has 0 aliphatic heterocycles. The zero-order valence-electron chi connectivity index (χ0n) is 9.35. The Hall–Kier alpha value is -1.23. The van der Waals surface area contributed by atoms with Crippen LogP contribution < -0.4 is 11.1 Å². The lowest BCUT2D eigenvalue weighted by atomic mass is 9.93. The van der Waals surface area contributed by atoms with Gasteiger partial charge in [-0.3, -0.25) is 0 Å². The Balaban J connectivity index is 2.02. The molecule has 0 aromatic heterocycles. The molecule has 0 saturated heterocycles. The maximum absolute atomic E-state index is 12.5. The molecule has 1 aliphatic carbocycles. The third-order valence-corrected chi connectivity index (χ3v) is 3.12. The van der Waals surface area contributed by atoms with Crippen LogP contribution in [0, 0.1) is 0 Å². The van der Waals surface area contributed by atoms with E-state index in [1.807, 2.05) is 0 Å². The van der Waals surface area contributed by atoms with Crippen molar-refractivity contribution in [2.24, 2.45) is 0 Å². The minimum Gasteiger partial charge on any atom is -0.398 e. The second kappa shape index (κ2) is 4.56. The zero-order chi connectivity index (χ0) is 12.5. The molecule has 17 heavy (non-hydrogen) atoms. The van der Waals surface area contributed by atoms with E-state index in [1.54, 1.807) is 0 Å². The van der Waals surface area contributed by atoms with Gasteiger partial charge in [0.2, 0.25) is 0 Å². The molecule has 1 aromatic carbocycles. The Kier molecular flexibility index (Phi) is 3.28. The van der Waals surface area contributed by atoms with E-state index in [9.17, 15) is 13.2 Å². The summed E-state index contributed by atoms with van der Waals surface area (Å²) in [4.78, 5) is 0. The van der Waals surface area contributed by atoms with Gasteiger partial charge in [0.05, 0.1) is 5.56 Å². The molecule has 3 N–H and O–H groups in total. The molecule has 5 heteroatoms. The summed E-state index contributed by atoms with van der Waals surface area (Å²) in [5.74, 6) is 0. The van der Waals surface area contributed by atoms with Gasteiger partial charge in [-0.1, -0.05) is 12.5 Å². The maximum atomic E-state index is 12.5. The fourth-order valence-electron chi connectivity index (χ4n) is 1.85. The van der Waals surface area contributed by atoms with Crippen molar-refractivity contribution in [2.45, 2.75) is 38.0 Å². The molecule has 1 aromatic rings. The highest BCUT2D eigenvalue weighted by Gasteiger charge is 2.32. The molecule has 0 bridgehead atoms. The summed E-state index contributed by atoms with van der Waals surface area (Å²) in [6, 6.07) is 4.44. The summed E-state index contributed by atoms with van der Waals surface area (Å²) in [5.41, 5.74) is 5.24. The fraction of sp³-hybridized carbons (Fsp3) is 0.500. The highest BCUT2D eigenvalue weighted by Crippen LogP contribution is 2.33. The van der Waals surface area contributed by atoms with Gasteiger partial charge in [0, 0.05) is 18.3 Å². The van der Waals surface area contributed by atoms with Crippen LogP contribution in [-0.4, -0.2) is 6.04 Å². The summed E-state index contributed by atoms with van der Waals surface area (Å²) < 4.78 is 37.4. The van der Waals surface area contributed by atoms with Crippen LogP contribution in [0.25, 0.3) is 0 Å². The monoisotopic (exact) mass is 244 g/mol. The Labute approximate surface area is 98.0 Å². The van der Waals surface area contributed by atoms with Crippen LogP contribution in [0.4, 0.5) is 18.9 Å². The fourth-order valence-corrected chi connectivity index (χ4v) is 1.85. The molecule has 0 spiro atoms. The van der Waals surface area contributed by atoms with E-state index in [0.717, 1.165) is 24.5 Å². The minimum atomic E-state index is -4.37. The van der Waals surface area contributed by atoms with E-state index < -0.39 is 11.7 Å². The Bertz CT molecular complexity index is 397. The number of nitrogens with two attached hydrogens (primary N) is 1. The van der Waals surface area contributed by atoms with Crippen LogP contribution in [0.15, 0.2) is 18.2 Å². The molecule has 0 heterocycles. The quantitative estimate of drug-likeness (QED) is 0.802. The summed E-state index contributed by atoms with van der Waals surface area (Å²) in [5, 5.41) is 3.28. The van der Waals surface area contributed by atoms with Crippen molar-refractivity contribution in [3.05, 3.63) is 29.3 Å². The van der Waals surface area contributed by atoms with Crippen LogP contribution in [0.3, 0.4) is 0 Å². The summed E-state index contributed by atoms with van der Waals surface area (Å²) in [7, 11) is 0. The first-order valence-electron chi connectivity index (χ1n) is 5.66. The minimum absolute atomic E-state index is 0.203. The van der Waals surface area contributed by atoms with Crippen molar-refractivity contribution < 1.29 is 13.2 Å². The van der Waals surface area contributed by atoms with Crippen molar-refractivity contribution in [2.75, 3.05) is 5.73 Å². The Morgan fingerprint density at radius 1 is 1.29 bits per heavy atom. The SMILES string of the molecule is Nc1cc(CNC2CCC2)ccc1C(F)(F)F. The van der Waals surface area contributed by atoms with Crippen LogP contribution >= 0.6 is 0 Å². The van der Waals surface area contributed by atoms with E-state index >= 15 is 0 Å². The second-order valence-corrected chi connectivity index (χ2v) is 4.43. The molecule has 0 atom stereocenters. The molecule has 2 nitrogen and oxygen atoms in total. The number of hydrogen-bond donors (Lipinski definition) is 2. The van der Waals surface area contributed by atoms with E-state index in [1.165, 1.54) is 18.6 Å². The molecular formula is C12H15F3N2. The lowest BCUT2D eigenvalue weighted by molar-refractivity contribution is -0.136. The maximum Gasteiger partial charge on any atom is 0.418 e. The lowest BCUT2D eigenvalue weighted by Gasteiger charge is -2.26. The number of hydrogen-bond acceptors (Lipinski definition) is 2.